The van der Waals surface area contributed by atoms with Gasteiger partial charge >= 0.3 is 0 Å². The van der Waals surface area contributed by atoms with Crippen molar-refractivity contribution in [3.8, 4) is 0 Å². The summed E-state index contributed by atoms with van der Waals surface area (Å²) < 4.78 is 13.6. The molecule has 0 atom stereocenters. The van der Waals surface area contributed by atoms with Gasteiger partial charge in [0.25, 0.3) is 0 Å². The van der Waals surface area contributed by atoms with Gasteiger partial charge in [0, 0.05) is 19.1 Å². The second-order valence-corrected chi connectivity index (χ2v) is 6.43. The largest absolute Gasteiger partial charge is 0.342 e. The molecule has 3 nitrogen and oxygen atoms in total. The van der Waals surface area contributed by atoms with Gasteiger partial charge in [-0.2, -0.15) is 0 Å². The Labute approximate surface area is 125 Å². The lowest BCUT2D eigenvalue weighted by atomic mass is 9.77. The van der Waals surface area contributed by atoms with Gasteiger partial charge in [-0.3, -0.25) is 4.79 Å². The van der Waals surface area contributed by atoms with Gasteiger partial charge in [-0.05, 0) is 43.4 Å². The monoisotopic (exact) mass is 290 g/mol. The molecular formula is C17H23FN2O. The molecule has 1 saturated heterocycles. The van der Waals surface area contributed by atoms with E-state index in [0.29, 0.717) is 0 Å². The quantitative estimate of drug-likeness (QED) is 0.910. The van der Waals surface area contributed by atoms with Gasteiger partial charge in [0.05, 0.1) is 5.41 Å². The van der Waals surface area contributed by atoms with Gasteiger partial charge in [0.1, 0.15) is 5.82 Å². The van der Waals surface area contributed by atoms with Crippen molar-refractivity contribution in [2.24, 2.45) is 5.73 Å². The maximum Gasteiger partial charge on any atom is 0.233 e. The van der Waals surface area contributed by atoms with Crippen molar-refractivity contribution < 1.29 is 9.18 Å². The summed E-state index contributed by atoms with van der Waals surface area (Å²) in [6, 6.07) is 6.81. The number of nitrogens with zero attached hydrogens (tertiary/aromatic N) is 1. The zero-order valence-corrected chi connectivity index (χ0v) is 12.4. The molecule has 1 heterocycles. The summed E-state index contributed by atoms with van der Waals surface area (Å²) in [6.45, 7) is 1.47. The predicted octanol–water partition coefficient (Wildman–Crippen LogP) is 2.59. The van der Waals surface area contributed by atoms with Gasteiger partial charge in [-0.25, -0.2) is 4.39 Å². The summed E-state index contributed by atoms with van der Waals surface area (Å²) in [5, 5.41) is 0. The van der Waals surface area contributed by atoms with Crippen LogP contribution in [0.25, 0.3) is 0 Å². The Morgan fingerprint density at radius 2 is 1.90 bits per heavy atom. The van der Waals surface area contributed by atoms with Crippen molar-refractivity contribution in [3.05, 3.63) is 35.6 Å². The van der Waals surface area contributed by atoms with E-state index in [9.17, 15) is 9.18 Å². The van der Waals surface area contributed by atoms with Crippen LogP contribution in [0.2, 0.25) is 0 Å². The topological polar surface area (TPSA) is 46.3 Å². The first-order valence-electron chi connectivity index (χ1n) is 7.93. The van der Waals surface area contributed by atoms with Crippen LogP contribution in [0.1, 0.15) is 44.1 Å². The number of amides is 1. The molecule has 21 heavy (non-hydrogen) atoms. The molecule has 2 N–H and O–H groups in total. The first kappa shape index (κ1) is 14.5. The minimum absolute atomic E-state index is 0.178. The maximum absolute atomic E-state index is 13.6. The van der Waals surface area contributed by atoms with Crippen molar-refractivity contribution >= 4 is 5.91 Å². The lowest BCUT2D eigenvalue weighted by Gasteiger charge is -2.38. The fraction of sp³-hybridized carbons (Fsp3) is 0.588. The zero-order valence-electron chi connectivity index (χ0n) is 12.4. The number of piperidine rings is 1. The molecule has 1 aliphatic heterocycles. The molecule has 0 bridgehead atoms. The van der Waals surface area contributed by atoms with Crippen LogP contribution >= 0.6 is 0 Å². The molecule has 2 aliphatic rings. The highest BCUT2D eigenvalue weighted by molar-refractivity contribution is 5.88. The highest BCUT2D eigenvalue weighted by atomic mass is 19.1. The first-order valence-corrected chi connectivity index (χ1v) is 7.93. The number of rotatable bonds is 2. The van der Waals surface area contributed by atoms with Crippen LogP contribution in [0.15, 0.2) is 24.3 Å². The molecule has 0 aromatic heterocycles. The molecule has 0 spiro atoms. The fourth-order valence-electron chi connectivity index (χ4n) is 3.80. The molecule has 4 heteroatoms. The van der Waals surface area contributed by atoms with E-state index in [4.69, 9.17) is 5.73 Å². The second kappa shape index (κ2) is 5.76. The van der Waals surface area contributed by atoms with E-state index in [-0.39, 0.29) is 17.8 Å². The Morgan fingerprint density at radius 1 is 1.24 bits per heavy atom. The van der Waals surface area contributed by atoms with Crippen LogP contribution < -0.4 is 5.73 Å². The second-order valence-electron chi connectivity index (χ2n) is 6.43. The summed E-state index contributed by atoms with van der Waals surface area (Å²) in [4.78, 5) is 15.0. The van der Waals surface area contributed by atoms with Crippen molar-refractivity contribution in [3.63, 3.8) is 0 Å². The average Bonchev–Trinajstić information content (AvgIpc) is 2.98. The van der Waals surface area contributed by atoms with Gasteiger partial charge < -0.3 is 10.6 Å². The van der Waals surface area contributed by atoms with E-state index in [2.05, 4.69) is 0 Å². The molecule has 1 aliphatic carbocycles. The normalized spacial score (nSPS) is 22.5. The minimum atomic E-state index is -0.510. The van der Waals surface area contributed by atoms with E-state index in [1.165, 1.54) is 6.07 Å². The Hall–Kier alpha value is -1.42. The van der Waals surface area contributed by atoms with Crippen LogP contribution in [0.3, 0.4) is 0 Å². The van der Waals surface area contributed by atoms with Crippen molar-refractivity contribution in [2.45, 2.75) is 50.0 Å². The van der Waals surface area contributed by atoms with E-state index >= 15 is 0 Å². The van der Waals surface area contributed by atoms with Crippen molar-refractivity contribution in [1.82, 2.24) is 4.90 Å². The number of nitrogens with two attached hydrogens (primary N) is 1. The number of hydrogen-bond acceptors (Lipinski definition) is 2. The molecule has 0 radical (unpaired) electrons. The van der Waals surface area contributed by atoms with Gasteiger partial charge in [-0.15, -0.1) is 0 Å². The molecule has 3 rings (SSSR count). The van der Waals surface area contributed by atoms with Crippen LogP contribution in [0.5, 0.6) is 0 Å². The summed E-state index contributed by atoms with van der Waals surface area (Å²) >= 11 is 0. The number of hydrogen-bond donors (Lipinski definition) is 1. The SMILES string of the molecule is NC1CCN(C(=O)C2(c3cccc(F)c3)CCCC2)CC1. The molecule has 114 valence electrons. The summed E-state index contributed by atoms with van der Waals surface area (Å²) in [7, 11) is 0. The molecule has 2 fully saturated rings. The van der Waals surface area contributed by atoms with Gasteiger partial charge in [-0.1, -0.05) is 25.0 Å². The third kappa shape index (κ3) is 2.69. The first-order chi connectivity index (χ1) is 10.1. The third-order valence-electron chi connectivity index (χ3n) is 5.07. The lowest BCUT2D eigenvalue weighted by molar-refractivity contribution is -0.138. The average molecular weight is 290 g/mol. The van der Waals surface area contributed by atoms with Crippen LogP contribution in [-0.2, 0) is 10.2 Å². The van der Waals surface area contributed by atoms with Gasteiger partial charge in [0.2, 0.25) is 5.91 Å². The highest BCUT2D eigenvalue weighted by Gasteiger charge is 2.45. The lowest BCUT2D eigenvalue weighted by Crippen LogP contribution is -2.50. The third-order valence-corrected chi connectivity index (χ3v) is 5.07. The molecule has 1 amide bonds. The minimum Gasteiger partial charge on any atom is -0.342 e. The summed E-state index contributed by atoms with van der Waals surface area (Å²) in [6.07, 6.45) is 5.47. The summed E-state index contributed by atoms with van der Waals surface area (Å²) in [5.41, 5.74) is 6.26. The Kier molecular flexibility index (Phi) is 3.98. The number of carbonyl (C=O) groups excluding carboxylic acids is 1. The van der Waals surface area contributed by atoms with Crippen LogP contribution in [0.4, 0.5) is 4.39 Å². The smallest absolute Gasteiger partial charge is 0.233 e. The van der Waals surface area contributed by atoms with Crippen molar-refractivity contribution in [1.29, 1.82) is 0 Å². The number of carbonyl (C=O) groups is 1. The Balaban J connectivity index is 1.88. The fourth-order valence-corrected chi connectivity index (χ4v) is 3.80. The molecule has 1 aromatic rings. The zero-order chi connectivity index (χ0) is 14.9. The Morgan fingerprint density at radius 3 is 2.52 bits per heavy atom. The number of likely N-dealkylation sites (tertiary alicyclic amines) is 1. The van der Waals surface area contributed by atoms with E-state index in [1.54, 1.807) is 12.1 Å². The number of benzene rings is 1. The molecular weight excluding hydrogens is 267 g/mol. The molecule has 1 aromatic carbocycles. The van der Waals surface area contributed by atoms with Crippen molar-refractivity contribution in [2.75, 3.05) is 13.1 Å². The highest BCUT2D eigenvalue weighted by Crippen LogP contribution is 2.43. The van der Waals surface area contributed by atoms with E-state index in [1.807, 2.05) is 11.0 Å². The number of halogens is 1. The van der Waals surface area contributed by atoms with Gasteiger partial charge in [0.15, 0.2) is 0 Å². The standard InChI is InChI=1S/C17H23FN2O/c18-14-5-3-4-13(12-14)17(8-1-2-9-17)16(21)20-10-6-15(19)7-11-20/h3-5,12,15H,1-2,6-11,19H2. The van der Waals surface area contributed by atoms with E-state index in [0.717, 1.165) is 57.2 Å². The van der Waals surface area contributed by atoms with E-state index < -0.39 is 5.41 Å². The molecule has 0 unspecified atom stereocenters. The Bertz CT molecular complexity index is 517. The maximum atomic E-state index is 13.6. The summed E-state index contributed by atoms with van der Waals surface area (Å²) in [5.74, 6) is -0.0789. The molecule has 1 saturated carbocycles. The predicted molar refractivity (Wildman–Crippen MR) is 80.3 cm³/mol. The van der Waals surface area contributed by atoms with Crippen LogP contribution in [0, 0.1) is 5.82 Å². The van der Waals surface area contributed by atoms with Crippen LogP contribution in [-0.4, -0.2) is 29.9 Å².